The number of hydrogen-bond donors (Lipinski definition) is 3. The Bertz CT molecular complexity index is 2320. The van der Waals surface area contributed by atoms with Crippen LogP contribution in [0.2, 0.25) is 0 Å². The number of benzene rings is 2. The molecule has 6 heterocycles. The van der Waals surface area contributed by atoms with Gasteiger partial charge < -0.3 is 58.8 Å². The molecule has 4 fully saturated rings. The first-order valence-corrected chi connectivity index (χ1v) is 22.8. The molecular formula is C48H60F6N6O9. The Hall–Kier alpha value is -5.93. The number of halogens is 6. The van der Waals surface area contributed by atoms with Gasteiger partial charge in [-0.15, -0.1) is 0 Å². The van der Waals surface area contributed by atoms with E-state index in [1.165, 1.54) is 19.2 Å². The number of ether oxygens (including phenoxy) is 4. The van der Waals surface area contributed by atoms with Gasteiger partial charge in [-0.25, -0.2) is 9.59 Å². The molecule has 0 aliphatic carbocycles. The number of carbonyl (C=O) groups is 3. The van der Waals surface area contributed by atoms with Gasteiger partial charge in [0, 0.05) is 90.6 Å². The van der Waals surface area contributed by atoms with Crippen molar-refractivity contribution in [1.82, 2.24) is 10.2 Å². The van der Waals surface area contributed by atoms with Crippen LogP contribution >= 0.6 is 0 Å². The Labute approximate surface area is 396 Å². The van der Waals surface area contributed by atoms with Crippen molar-refractivity contribution in [2.45, 2.75) is 76.2 Å². The second-order valence-corrected chi connectivity index (χ2v) is 17.8. The van der Waals surface area contributed by atoms with E-state index in [9.17, 15) is 40.7 Å². The second-order valence-electron chi connectivity index (χ2n) is 17.8. The molecule has 378 valence electrons. The molecule has 4 aliphatic rings. The molecule has 21 heteroatoms. The average Bonchev–Trinajstić information content (AvgIpc) is 4.04. The Morgan fingerprint density at radius 1 is 0.667 bits per heavy atom. The lowest BCUT2D eigenvalue weighted by Gasteiger charge is -2.37. The van der Waals surface area contributed by atoms with Gasteiger partial charge in [-0.1, -0.05) is 0 Å². The summed E-state index contributed by atoms with van der Waals surface area (Å²) in [5, 5.41) is 5.84. The number of nitrogens with one attached hydrogen (secondary N) is 2. The van der Waals surface area contributed by atoms with Crippen LogP contribution in [0.5, 0.6) is 0 Å². The predicted octanol–water partition coefficient (Wildman–Crippen LogP) is 9.16. The van der Waals surface area contributed by atoms with Gasteiger partial charge >= 0.3 is 24.4 Å². The third-order valence-corrected chi connectivity index (χ3v) is 11.8. The molecule has 0 spiro atoms. The minimum Gasteiger partial charge on any atom is -0.463 e. The minimum atomic E-state index is -4.50. The summed E-state index contributed by atoms with van der Waals surface area (Å²) in [7, 11) is 1.35. The summed E-state index contributed by atoms with van der Waals surface area (Å²) in [6.45, 7) is 12.7. The van der Waals surface area contributed by atoms with Crippen LogP contribution in [0.15, 0.2) is 69.5 Å². The number of carbonyl (C=O) groups excluding carboxylic acids is 3. The topological polar surface area (TPSA) is 174 Å². The lowest BCUT2D eigenvalue weighted by Crippen LogP contribution is -2.50. The van der Waals surface area contributed by atoms with Crippen molar-refractivity contribution in [2.75, 3.05) is 107 Å². The van der Waals surface area contributed by atoms with Crippen LogP contribution < -0.4 is 26.2 Å². The Morgan fingerprint density at radius 2 is 1.16 bits per heavy atom. The number of amides is 2. The molecule has 4 N–H and O–H groups in total. The number of anilines is 4. The number of alkyl halides is 6. The van der Waals surface area contributed by atoms with E-state index >= 15 is 0 Å². The van der Waals surface area contributed by atoms with E-state index in [0.717, 1.165) is 82.0 Å². The number of nitrogens with zero attached hydrogens (tertiary/aromatic N) is 3. The normalized spacial score (nSPS) is 17.5. The summed E-state index contributed by atoms with van der Waals surface area (Å²) in [4.78, 5) is 41.4. The van der Waals surface area contributed by atoms with Crippen molar-refractivity contribution in [2.24, 2.45) is 0 Å². The molecule has 0 bridgehead atoms. The first kappa shape index (κ1) is 52.4. The van der Waals surface area contributed by atoms with Crippen molar-refractivity contribution in [3.05, 3.63) is 94.8 Å². The summed E-state index contributed by atoms with van der Waals surface area (Å²) >= 11 is 0. The third-order valence-electron chi connectivity index (χ3n) is 11.8. The van der Waals surface area contributed by atoms with Crippen LogP contribution in [0.4, 0.5) is 53.9 Å². The van der Waals surface area contributed by atoms with E-state index in [0.29, 0.717) is 75.5 Å². The van der Waals surface area contributed by atoms with Crippen LogP contribution in [0.25, 0.3) is 0 Å². The lowest BCUT2D eigenvalue weighted by molar-refractivity contribution is -0.138. The number of esters is 1. The fourth-order valence-corrected chi connectivity index (χ4v) is 8.09. The Kier molecular flexibility index (Phi) is 17.6. The molecule has 2 aromatic heterocycles. The van der Waals surface area contributed by atoms with Crippen LogP contribution in [0.3, 0.4) is 0 Å². The van der Waals surface area contributed by atoms with Crippen molar-refractivity contribution in [3.63, 3.8) is 0 Å². The summed E-state index contributed by atoms with van der Waals surface area (Å²) < 4.78 is 109. The fraction of sp³-hybridized carbons (Fsp3) is 0.521. The van der Waals surface area contributed by atoms with Crippen molar-refractivity contribution >= 4 is 40.7 Å². The van der Waals surface area contributed by atoms with Gasteiger partial charge in [-0.05, 0) is 107 Å². The zero-order valence-electron chi connectivity index (χ0n) is 39.1. The van der Waals surface area contributed by atoms with E-state index in [4.69, 9.17) is 28.8 Å². The summed E-state index contributed by atoms with van der Waals surface area (Å²) in [5.41, 5.74) is 4.96. The van der Waals surface area contributed by atoms with E-state index in [2.05, 4.69) is 15.4 Å². The van der Waals surface area contributed by atoms with E-state index in [1.807, 2.05) is 15.9 Å². The zero-order valence-corrected chi connectivity index (χ0v) is 39.1. The highest BCUT2D eigenvalue weighted by atomic mass is 19.4. The number of nitrogens with two attached hydrogens (primary N) is 1. The lowest BCUT2D eigenvalue weighted by atomic mass is 9.98. The van der Waals surface area contributed by atoms with Crippen LogP contribution in [0, 0.1) is 0 Å². The number of piperazine rings is 2. The molecule has 4 aliphatic heterocycles. The first-order valence-electron chi connectivity index (χ1n) is 22.8. The van der Waals surface area contributed by atoms with Crippen LogP contribution in [0.1, 0.15) is 102 Å². The van der Waals surface area contributed by atoms with Crippen molar-refractivity contribution < 1.29 is 68.5 Å². The average molecular weight is 979 g/mol. The molecule has 0 unspecified atom stereocenters. The molecule has 2 amide bonds. The van der Waals surface area contributed by atoms with Crippen molar-refractivity contribution in [3.8, 4) is 0 Å². The smallest absolute Gasteiger partial charge is 0.416 e. The Balaban J connectivity index is 0.000000180. The SMILES string of the molecule is CC(C)(C)OC(=O)N1CCN(c2ccc(C(F)(F)F)cc2N)CC1.COC(=O)c1ccc(C2CCOCC2)o1.O=C(Nc1cc(C(F)(F)F)ccc1N1CCNCC1)c1ccc(C2CCOCC2)o1. The van der Waals surface area contributed by atoms with Gasteiger partial charge in [0.05, 0.1) is 41.0 Å². The molecule has 4 aromatic rings. The van der Waals surface area contributed by atoms with Gasteiger partial charge in [-0.3, -0.25) is 4.79 Å². The highest BCUT2D eigenvalue weighted by Crippen LogP contribution is 2.37. The Morgan fingerprint density at radius 3 is 1.67 bits per heavy atom. The molecule has 15 nitrogen and oxygen atoms in total. The summed E-state index contributed by atoms with van der Waals surface area (Å²) in [6, 6.07) is 13.6. The largest absolute Gasteiger partial charge is 0.463 e. The predicted molar refractivity (Wildman–Crippen MR) is 245 cm³/mol. The van der Waals surface area contributed by atoms with Crippen LogP contribution in [-0.2, 0) is 31.3 Å². The van der Waals surface area contributed by atoms with Gasteiger partial charge in [0.25, 0.3) is 5.91 Å². The number of rotatable bonds is 7. The number of methoxy groups -OCH3 is 1. The van der Waals surface area contributed by atoms with E-state index < -0.39 is 41.0 Å². The molecular weight excluding hydrogens is 919 g/mol. The van der Waals surface area contributed by atoms with Gasteiger partial charge in [0.15, 0.2) is 5.76 Å². The number of furan rings is 2. The molecule has 8 rings (SSSR count). The van der Waals surface area contributed by atoms with E-state index in [1.54, 1.807) is 43.9 Å². The molecule has 4 saturated heterocycles. The summed E-state index contributed by atoms with van der Waals surface area (Å²) in [6.07, 6.45) is -5.76. The molecule has 2 aromatic carbocycles. The number of nitrogen functional groups attached to an aromatic ring is 1. The number of hydrogen-bond acceptors (Lipinski definition) is 13. The molecule has 69 heavy (non-hydrogen) atoms. The second kappa shape index (κ2) is 23.1. The van der Waals surface area contributed by atoms with Crippen molar-refractivity contribution in [1.29, 1.82) is 0 Å². The maximum Gasteiger partial charge on any atom is 0.416 e. The quantitative estimate of drug-likeness (QED) is 0.0910. The molecule has 0 radical (unpaired) electrons. The zero-order chi connectivity index (χ0) is 49.9. The molecule has 0 saturated carbocycles. The summed E-state index contributed by atoms with van der Waals surface area (Å²) in [5.74, 6) is 1.49. The standard InChI is InChI=1S/C21H24F3N3O3.C16H22F3N3O2.C11H14O4/c22-21(23,24)15-1-2-17(27-9-7-25-8-10-27)16(13-15)26-20(28)19-4-3-18(30-19)14-5-11-29-12-6-14;1-15(2,3)24-14(23)22-8-6-21(7-9-22)13-5-4-11(10-12(13)20)16(17,18)19;1-13-11(12)10-3-2-9(15-10)8-4-6-14-7-5-8/h1-4,13-14,25H,5-12H2,(H,26,28);4-5,10H,6-9,20H2,1-3H3;2-3,8H,4-7H2,1H3. The highest BCUT2D eigenvalue weighted by Gasteiger charge is 2.34. The van der Waals surface area contributed by atoms with Gasteiger partial charge in [-0.2, -0.15) is 26.3 Å². The van der Waals surface area contributed by atoms with Gasteiger partial charge in [0.2, 0.25) is 5.76 Å². The van der Waals surface area contributed by atoms with E-state index in [-0.39, 0.29) is 34.9 Å². The maximum atomic E-state index is 13.2. The highest BCUT2D eigenvalue weighted by molar-refractivity contribution is 6.04. The van der Waals surface area contributed by atoms with Crippen LogP contribution in [-0.4, -0.2) is 114 Å². The maximum absolute atomic E-state index is 13.2. The van der Waals surface area contributed by atoms with Gasteiger partial charge in [0.1, 0.15) is 17.1 Å². The minimum absolute atomic E-state index is 0.0792. The first-order chi connectivity index (χ1) is 32.7. The third kappa shape index (κ3) is 14.8. The molecule has 0 atom stereocenters. The fourth-order valence-electron chi connectivity index (χ4n) is 8.09. The monoisotopic (exact) mass is 978 g/mol.